The number of hydrogen-bond donors (Lipinski definition) is 1. The number of esters is 1. The number of carbonyl (C=O) groups excluding carboxylic acids is 1. The smallest absolute Gasteiger partial charge is 0.306 e. The van der Waals surface area contributed by atoms with Crippen molar-refractivity contribution in [3.05, 3.63) is 36.5 Å². The van der Waals surface area contributed by atoms with Crippen molar-refractivity contribution >= 4 is 11.9 Å². The van der Waals surface area contributed by atoms with Gasteiger partial charge in [0.1, 0.15) is 6.10 Å². The molecule has 0 spiro atoms. The van der Waals surface area contributed by atoms with Gasteiger partial charge >= 0.3 is 11.9 Å². The molecule has 0 aliphatic rings. The highest BCUT2D eigenvalue weighted by molar-refractivity contribution is 5.69. The third-order valence-corrected chi connectivity index (χ3v) is 6.57. The van der Waals surface area contributed by atoms with Gasteiger partial charge in [-0.1, -0.05) is 108 Å². The van der Waals surface area contributed by atoms with Gasteiger partial charge in [0, 0.05) is 12.8 Å². The van der Waals surface area contributed by atoms with E-state index in [4.69, 9.17) is 9.84 Å². The first-order valence-corrected chi connectivity index (χ1v) is 15.5. The van der Waals surface area contributed by atoms with Gasteiger partial charge in [-0.05, 0) is 70.3 Å². The van der Waals surface area contributed by atoms with Crippen LogP contribution in [0.25, 0.3) is 0 Å². The number of carboxylic acids is 1. The van der Waals surface area contributed by atoms with Crippen molar-refractivity contribution < 1.29 is 19.4 Å². The minimum atomic E-state index is -0.726. The van der Waals surface area contributed by atoms with Crippen LogP contribution in [-0.4, -0.2) is 23.1 Å². The van der Waals surface area contributed by atoms with Crippen molar-refractivity contribution in [1.29, 1.82) is 0 Å². The van der Waals surface area contributed by atoms with Crippen molar-refractivity contribution in [3.63, 3.8) is 0 Å². The van der Waals surface area contributed by atoms with E-state index in [2.05, 4.69) is 50.3 Å². The second-order valence-electron chi connectivity index (χ2n) is 10.3. The lowest BCUT2D eigenvalue weighted by molar-refractivity contribution is -0.147. The van der Waals surface area contributed by atoms with Gasteiger partial charge in [-0.25, -0.2) is 0 Å². The molecule has 0 amide bonds. The number of aliphatic carboxylic acids is 1. The summed E-state index contributed by atoms with van der Waals surface area (Å²) < 4.78 is 5.80. The average Bonchev–Trinajstić information content (AvgIpc) is 2.87. The molecule has 4 nitrogen and oxygen atoms in total. The van der Waals surface area contributed by atoms with E-state index in [9.17, 15) is 9.59 Å². The van der Waals surface area contributed by atoms with Crippen LogP contribution in [0.3, 0.4) is 0 Å². The van der Waals surface area contributed by atoms with E-state index in [-0.39, 0.29) is 18.5 Å². The van der Waals surface area contributed by atoms with Crippen molar-refractivity contribution in [2.24, 2.45) is 0 Å². The van der Waals surface area contributed by atoms with Gasteiger partial charge in [-0.3, -0.25) is 9.59 Å². The standard InChI is InChI=1S/C33H58O4/c1-3-5-7-9-11-12-13-14-15-16-17-18-20-26-30-33(36)37-31(27-23-19-10-8-6-4-2)28-24-21-22-25-29-32(34)35/h9,11,13-14,23,27,31H,3-8,10,12,15-22,24-26,28-30H2,1-2H3,(H,34,35)/b11-9-,14-13-,27-23-. The molecule has 1 N–H and O–H groups in total. The highest BCUT2D eigenvalue weighted by Crippen LogP contribution is 2.14. The quantitative estimate of drug-likeness (QED) is 0.0667. The lowest BCUT2D eigenvalue weighted by Crippen LogP contribution is -2.16. The summed E-state index contributed by atoms with van der Waals surface area (Å²) in [6.45, 7) is 4.44. The Morgan fingerprint density at radius 1 is 0.622 bits per heavy atom. The van der Waals surface area contributed by atoms with Gasteiger partial charge in [0.05, 0.1) is 0 Å². The SMILES string of the molecule is CCCC/C=C\C/C=C\CCCCCCCC(=O)OC(/C=C\CCCCCC)CCCCCCC(=O)O. The van der Waals surface area contributed by atoms with Crippen molar-refractivity contribution in [2.45, 2.75) is 161 Å². The van der Waals surface area contributed by atoms with Crippen LogP contribution in [0.2, 0.25) is 0 Å². The van der Waals surface area contributed by atoms with Crippen LogP contribution in [0.15, 0.2) is 36.5 Å². The molecular formula is C33H58O4. The summed E-state index contributed by atoms with van der Waals surface area (Å²) in [7, 11) is 0. The molecule has 0 aromatic heterocycles. The molecule has 1 unspecified atom stereocenters. The molecule has 37 heavy (non-hydrogen) atoms. The molecule has 0 radical (unpaired) electrons. The molecule has 4 heteroatoms. The topological polar surface area (TPSA) is 63.6 Å². The van der Waals surface area contributed by atoms with Crippen LogP contribution in [0.4, 0.5) is 0 Å². The van der Waals surface area contributed by atoms with Crippen LogP contribution in [-0.2, 0) is 14.3 Å². The van der Waals surface area contributed by atoms with Gasteiger partial charge in [0.25, 0.3) is 0 Å². The zero-order valence-corrected chi connectivity index (χ0v) is 24.3. The number of rotatable bonds is 27. The summed E-state index contributed by atoms with van der Waals surface area (Å²) in [6, 6.07) is 0. The van der Waals surface area contributed by atoms with Gasteiger partial charge in [0.2, 0.25) is 0 Å². The molecule has 0 heterocycles. The van der Waals surface area contributed by atoms with E-state index in [1.165, 1.54) is 64.2 Å². The lowest BCUT2D eigenvalue weighted by atomic mass is 10.1. The first-order chi connectivity index (χ1) is 18.1. The summed E-state index contributed by atoms with van der Waals surface area (Å²) in [4.78, 5) is 23.1. The monoisotopic (exact) mass is 518 g/mol. The molecule has 0 aliphatic carbocycles. The van der Waals surface area contributed by atoms with Gasteiger partial charge in [-0.15, -0.1) is 0 Å². The molecular weight excluding hydrogens is 460 g/mol. The van der Waals surface area contributed by atoms with Gasteiger partial charge in [0.15, 0.2) is 0 Å². The molecule has 0 aromatic rings. The maximum atomic E-state index is 12.4. The average molecular weight is 519 g/mol. The molecule has 0 saturated carbocycles. The first kappa shape index (κ1) is 35.2. The van der Waals surface area contributed by atoms with Crippen molar-refractivity contribution in [3.8, 4) is 0 Å². The molecule has 0 aliphatic heterocycles. The largest absolute Gasteiger partial charge is 0.481 e. The number of carbonyl (C=O) groups is 2. The van der Waals surface area contributed by atoms with Crippen LogP contribution < -0.4 is 0 Å². The van der Waals surface area contributed by atoms with E-state index in [0.717, 1.165) is 64.2 Å². The van der Waals surface area contributed by atoms with E-state index in [0.29, 0.717) is 6.42 Å². The second-order valence-corrected chi connectivity index (χ2v) is 10.3. The highest BCUT2D eigenvalue weighted by atomic mass is 16.5. The summed E-state index contributed by atoms with van der Waals surface area (Å²) in [5.41, 5.74) is 0. The van der Waals surface area contributed by atoms with Crippen LogP contribution >= 0.6 is 0 Å². The number of ether oxygens (including phenoxy) is 1. The van der Waals surface area contributed by atoms with E-state index < -0.39 is 5.97 Å². The Morgan fingerprint density at radius 2 is 1.16 bits per heavy atom. The van der Waals surface area contributed by atoms with Gasteiger partial charge < -0.3 is 9.84 Å². The van der Waals surface area contributed by atoms with Crippen molar-refractivity contribution in [2.75, 3.05) is 0 Å². The predicted molar refractivity (Wildman–Crippen MR) is 158 cm³/mol. The summed E-state index contributed by atoms with van der Waals surface area (Å²) in [6.07, 6.45) is 35.9. The highest BCUT2D eigenvalue weighted by Gasteiger charge is 2.11. The maximum absolute atomic E-state index is 12.4. The van der Waals surface area contributed by atoms with Gasteiger partial charge in [-0.2, -0.15) is 0 Å². The Morgan fingerprint density at radius 3 is 1.84 bits per heavy atom. The minimum Gasteiger partial charge on any atom is -0.481 e. The zero-order valence-electron chi connectivity index (χ0n) is 24.3. The van der Waals surface area contributed by atoms with E-state index >= 15 is 0 Å². The maximum Gasteiger partial charge on any atom is 0.306 e. The number of allylic oxidation sites excluding steroid dienone is 5. The Labute approximate surface area is 229 Å². The fourth-order valence-corrected chi connectivity index (χ4v) is 4.23. The lowest BCUT2D eigenvalue weighted by Gasteiger charge is -2.15. The molecule has 214 valence electrons. The third kappa shape index (κ3) is 28.6. The zero-order chi connectivity index (χ0) is 27.2. The second kappa shape index (κ2) is 28.7. The Kier molecular flexibility index (Phi) is 27.3. The molecule has 0 rings (SSSR count). The molecule has 0 bridgehead atoms. The summed E-state index contributed by atoms with van der Waals surface area (Å²) >= 11 is 0. The molecule has 0 saturated heterocycles. The minimum absolute atomic E-state index is 0.0820. The Hall–Kier alpha value is -1.84. The number of carboxylic acid groups (broad SMARTS) is 1. The molecule has 1 atom stereocenters. The van der Waals surface area contributed by atoms with E-state index in [1.807, 2.05) is 0 Å². The number of unbranched alkanes of at least 4 members (excludes halogenated alkanes) is 14. The summed E-state index contributed by atoms with van der Waals surface area (Å²) in [5.74, 6) is -0.808. The molecule has 0 fully saturated rings. The fraction of sp³-hybridized carbons (Fsp3) is 0.758. The van der Waals surface area contributed by atoms with Crippen LogP contribution in [0, 0.1) is 0 Å². The Bertz CT molecular complexity index is 605. The summed E-state index contributed by atoms with van der Waals surface area (Å²) in [5, 5.41) is 8.76. The third-order valence-electron chi connectivity index (χ3n) is 6.57. The fourth-order valence-electron chi connectivity index (χ4n) is 4.23. The van der Waals surface area contributed by atoms with Crippen LogP contribution in [0.1, 0.15) is 155 Å². The van der Waals surface area contributed by atoms with Crippen LogP contribution in [0.5, 0.6) is 0 Å². The normalized spacial score (nSPS) is 12.7. The predicted octanol–water partition coefficient (Wildman–Crippen LogP) is 10.3. The number of hydrogen-bond acceptors (Lipinski definition) is 3. The molecule has 0 aromatic carbocycles. The first-order valence-electron chi connectivity index (χ1n) is 15.5. The van der Waals surface area contributed by atoms with E-state index in [1.54, 1.807) is 0 Å². The Balaban J connectivity index is 4.03. The van der Waals surface area contributed by atoms with Crippen molar-refractivity contribution in [1.82, 2.24) is 0 Å².